The van der Waals surface area contributed by atoms with Crippen molar-refractivity contribution in [3.63, 3.8) is 0 Å². The van der Waals surface area contributed by atoms with Crippen molar-refractivity contribution in [3.8, 4) is 11.3 Å². The molecule has 0 atom stereocenters. The second-order valence-corrected chi connectivity index (χ2v) is 5.13. The highest BCUT2D eigenvalue weighted by Gasteiger charge is 2.11. The van der Waals surface area contributed by atoms with E-state index in [2.05, 4.69) is 30.4 Å². The van der Waals surface area contributed by atoms with Gasteiger partial charge in [0.15, 0.2) is 0 Å². The predicted octanol–water partition coefficient (Wildman–Crippen LogP) is 1.68. The Morgan fingerprint density at radius 3 is 2.95 bits per heavy atom. The topological polar surface area (TPSA) is 69.7 Å². The fourth-order valence-electron chi connectivity index (χ4n) is 2.54. The summed E-state index contributed by atoms with van der Waals surface area (Å²) < 4.78 is 0. The third-order valence-corrected chi connectivity index (χ3v) is 3.67. The summed E-state index contributed by atoms with van der Waals surface area (Å²) in [6.45, 7) is 6.34. The lowest BCUT2D eigenvalue weighted by atomic mass is 10.2. The first-order valence-corrected chi connectivity index (χ1v) is 7.13. The molecule has 0 spiro atoms. The molecule has 0 aromatic carbocycles. The van der Waals surface area contributed by atoms with Crippen LogP contribution < -0.4 is 5.32 Å². The zero-order chi connectivity index (χ0) is 13.8. The van der Waals surface area contributed by atoms with Crippen molar-refractivity contribution in [2.24, 2.45) is 0 Å². The fourth-order valence-corrected chi connectivity index (χ4v) is 2.54. The molecule has 0 radical (unpaired) electrons. The molecular formula is C14H20N6. The molecule has 106 valence electrons. The molecule has 3 heterocycles. The molecule has 3 rings (SSSR count). The van der Waals surface area contributed by atoms with Crippen LogP contribution in [0, 0.1) is 6.92 Å². The van der Waals surface area contributed by atoms with Gasteiger partial charge in [-0.2, -0.15) is 5.10 Å². The largest absolute Gasteiger partial charge is 0.353 e. The molecule has 0 amide bonds. The van der Waals surface area contributed by atoms with Crippen LogP contribution in [0.15, 0.2) is 18.5 Å². The molecule has 0 saturated carbocycles. The second kappa shape index (κ2) is 6.00. The fraction of sp³-hybridized carbons (Fsp3) is 0.500. The predicted molar refractivity (Wildman–Crippen MR) is 78.5 cm³/mol. The zero-order valence-electron chi connectivity index (χ0n) is 11.8. The Kier molecular flexibility index (Phi) is 3.92. The van der Waals surface area contributed by atoms with E-state index in [1.54, 1.807) is 6.20 Å². The van der Waals surface area contributed by atoms with E-state index in [0.717, 1.165) is 30.0 Å². The van der Waals surface area contributed by atoms with Crippen molar-refractivity contribution in [1.82, 2.24) is 25.1 Å². The number of hydrogen-bond donors (Lipinski definition) is 2. The van der Waals surface area contributed by atoms with Crippen LogP contribution in [-0.4, -0.2) is 51.2 Å². The Bertz CT molecular complexity index is 558. The van der Waals surface area contributed by atoms with E-state index in [9.17, 15) is 0 Å². The minimum Gasteiger partial charge on any atom is -0.353 e. The molecular weight excluding hydrogens is 252 g/mol. The van der Waals surface area contributed by atoms with E-state index in [0.29, 0.717) is 5.95 Å². The van der Waals surface area contributed by atoms with Gasteiger partial charge in [0, 0.05) is 31.0 Å². The summed E-state index contributed by atoms with van der Waals surface area (Å²) in [6, 6.07) is 1.91. The average molecular weight is 272 g/mol. The quantitative estimate of drug-likeness (QED) is 0.866. The number of rotatable bonds is 5. The van der Waals surface area contributed by atoms with Crippen LogP contribution >= 0.6 is 0 Å². The van der Waals surface area contributed by atoms with E-state index in [-0.39, 0.29) is 0 Å². The van der Waals surface area contributed by atoms with Crippen LogP contribution in [0.2, 0.25) is 0 Å². The van der Waals surface area contributed by atoms with Gasteiger partial charge < -0.3 is 10.2 Å². The molecule has 0 unspecified atom stereocenters. The van der Waals surface area contributed by atoms with Gasteiger partial charge >= 0.3 is 0 Å². The lowest BCUT2D eigenvalue weighted by molar-refractivity contribution is 0.352. The van der Waals surface area contributed by atoms with E-state index in [1.165, 1.54) is 25.9 Å². The normalized spacial score (nSPS) is 15.7. The highest BCUT2D eigenvalue weighted by molar-refractivity contribution is 5.61. The molecule has 1 aliphatic rings. The van der Waals surface area contributed by atoms with Crippen LogP contribution in [0.3, 0.4) is 0 Å². The summed E-state index contributed by atoms with van der Waals surface area (Å²) in [6.07, 6.45) is 6.30. The first-order chi connectivity index (χ1) is 9.83. The Hall–Kier alpha value is -1.95. The number of likely N-dealkylation sites (tertiary alicyclic amines) is 1. The van der Waals surface area contributed by atoms with E-state index in [4.69, 9.17) is 0 Å². The first kappa shape index (κ1) is 13.1. The maximum atomic E-state index is 4.54. The number of nitrogens with one attached hydrogen (secondary N) is 2. The van der Waals surface area contributed by atoms with Gasteiger partial charge in [0.2, 0.25) is 5.95 Å². The molecule has 2 aromatic heterocycles. The van der Waals surface area contributed by atoms with Crippen molar-refractivity contribution in [1.29, 1.82) is 0 Å². The number of anilines is 1. The van der Waals surface area contributed by atoms with Crippen LogP contribution in [-0.2, 0) is 0 Å². The number of aryl methyl sites for hydroxylation is 1. The standard InChI is InChI=1S/C14H20N6/c1-11-12(10-17-19-11)13-4-5-15-14(18-13)16-6-9-20-7-2-3-8-20/h4-5,10H,2-3,6-9H2,1H3,(H,17,19)(H,15,16,18). The molecule has 0 bridgehead atoms. The smallest absolute Gasteiger partial charge is 0.223 e. The third-order valence-electron chi connectivity index (χ3n) is 3.67. The molecule has 6 nitrogen and oxygen atoms in total. The SMILES string of the molecule is Cc1n[nH]cc1-c1ccnc(NCCN2CCCC2)n1. The van der Waals surface area contributed by atoms with Gasteiger partial charge in [-0.3, -0.25) is 5.10 Å². The summed E-state index contributed by atoms with van der Waals surface area (Å²) in [5.41, 5.74) is 2.87. The maximum Gasteiger partial charge on any atom is 0.223 e. The highest BCUT2D eigenvalue weighted by Crippen LogP contribution is 2.19. The summed E-state index contributed by atoms with van der Waals surface area (Å²) in [5, 5.41) is 10.3. The van der Waals surface area contributed by atoms with Crippen LogP contribution in [0.4, 0.5) is 5.95 Å². The van der Waals surface area contributed by atoms with Gasteiger partial charge in [0.1, 0.15) is 0 Å². The Morgan fingerprint density at radius 2 is 2.20 bits per heavy atom. The third kappa shape index (κ3) is 2.96. The molecule has 1 saturated heterocycles. The Morgan fingerprint density at radius 1 is 1.35 bits per heavy atom. The minimum absolute atomic E-state index is 0.683. The van der Waals surface area contributed by atoms with Crippen molar-refractivity contribution in [2.75, 3.05) is 31.5 Å². The van der Waals surface area contributed by atoms with E-state index < -0.39 is 0 Å². The minimum atomic E-state index is 0.683. The summed E-state index contributed by atoms with van der Waals surface area (Å²) in [5.74, 6) is 0.683. The zero-order valence-corrected chi connectivity index (χ0v) is 11.8. The van der Waals surface area contributed by atoms with Gasteiger partial charge in [-0.25, -0.2) is 9.97 Å². The number of H-pyrrole nitrogens is 1. The summed E-state index contributed by atoms with van der Waals surface area (Å²) in [7, 11) is 0. The Balaban J connectivity index is 1.61. The highest BCUT2D eigenvalue weighted by atomic mass is 15.2. The number of aromatic nitrogens is 4. The lowest BCUT2D eigenvalue weighted by Crippen LogP contribution is -2.26. The second-order valence-electron chi connectivity index (χ2n) is 5.13. The monoisotopic (exact) mass is 272 g/mol. The van der Waals surface area contributed by atoms with Gasteiger partial charge in [-0.05, 0) is 38.9 Å². The molecule has 20 heavy (non-hydrogen) atoms. The van der Waals surface area contributed by atoms with Gasteiger partial charge in [-0.15, -0.1) is 0 Å². The maximum absolute atomic E-state index is 4.54. The van der Waals surface area contributed by atoms with E-state index in [1.807, 2.05) is 19.2 Å². The van der Waals surface area contributed by atoms with Crippen molar-refractivity contribution in [2.45, 2.75) is 19.8 Å². The molecule has 6 heteroatoms. The van der Waals surface area contributed by atoms with Gasteiger partial charge in [-0.1, -0.05) is 0 Å². The van der Waals surface area contributed by atoms with Crippen LogP contribution in [0.25, 0.3) is 11.3 Å². The summed E-state index contributed by atoms with van der Waals surface area (Å²) in [4.78, 5) is 11.3. The Labute approximate surface area is 118 Å². The summed E-state index contributed by atoms with van der Waals surface area (Å²) >= 11 is 0. The van der Waals surface area contributed by atoms with E-state index >= 15 is 0 Å². The molecule has 2 aromatic rings. The van der Waals surface area contributed by atoms with Crippen molar-refractivity contribution < 1.29 is 0 Å². The average Bonchev–Trinajstić information content (AvgIpc) is 3.11. The van der Waals surface area contributed by atoms with Crippen LogP contribution in [0.1, 0.15) is 18.5 Å². The molecule has 0 aliphatic carbocycles. The van der Waals surface area contributed by atoms with Gasteiger partial charge in [0.25, 0.3) is 0 Å². The first-order valence-electron chi connectivity index (χ1n) is 7.13. The van der Waals surface area contributed by atoms with Gasteiger partial charge in [0.05, 0.1) is 11.4 Å². The number of nitrogens with zero attached hydrogens (tertiary/aromatic N) is 4. The molecule has 2 N–H and O–H groups in total. The van der Waals surface area contributed by atoms with Crippen LogP contribution in [0.5, 0.6) is 0 Å². The van der Waals surface area contributed by atoms with Crippen molar-refractivity contribution >= 4 is 5.95 Å². The van der Waals surface area contributed by atoms with Crippen molar-refractivity contribution in [3.05, 3.63) is 24.2 Å². The lowest BCUT2D eigenvalue weighted by Gasteiger charge is -2.14. The molecule has 1 fully saturated rings. The number of aromatic amines is 1. The molecule has 1 aliphatic heterocycles. The number of hydrogen-bond acceptors (Lipinski definition) is 5.